The van der Waals surface area contributed by atoms with Crippen LogP contribution in [-0.4, -0.2) is 132 Å². The van der Waals surface area contributed by atoms with Crippen molar-refractivity contribution < 1.29 is 72.3 Å². The van der Waals surface area contributed by atoms with Crippen molar-refractivity contribution in [1.29, 1.82) is 0 Å². The number of amides is 5. The van der Waals surface area contributed by atoms with Crippen molar-refractivity contribution in [2.75, 3.05) is 19.8 Å². The molecule has 1 aromatic rings. The highest BCUT2D eigenvalue weighted by atomic mass is 16.6. The summed E-state index contributed by atoms with van der Waals surface area (Å²) in [6.07, 6.45) is 27.8. The Kier molecular flexibility index (Phi) is 51.8. The number of aliphatic hydroxyl groups is 2. The van der Waals surface area contributed by atoms with Gasteiger partial charge in [-0.15, -0.1) is 0 Å². The van der Waals surface area contributed by atoms with E-state index in [4.69, 9.17) is 18.9 Å². The van der Waals surface area contributed by atoms with Crippen LogP contribution in [0.1, 0.15) is 306 Å². The Labute approximate surface area is 578 Å². The summed E-state index contributed by atoms with van der Waals surface area (Å²) in [4.78, 5) is 120. The van der Waals surface area contributed by atoms with E-state index >= 15 is 0 Å². The minimum Gasteiger partial charge on any atom is -0.462 e. The van der Waals surface area contributed by atoms with Crippen LogP contribution in [-0.2, 0) is 68.5 Å². The van der Waals surface area contributed by atoms with Crippen molar-refractivity contribution >= 4 is 53.4 Å². The van der Waals surface area contributed by atoms with Crippen LogP contribution in [0.3, 0.4) is 0 Å². The molecule has 7 atom stereocenters. The predicted octanol–water partition coefficient (Wildman–Crippen LogP) is 13.0. The van der Waals surface area contributed by atoms with Crippen LogP contribution in [0.25, 0.3) is 0 Å². The Hall–Kier alpha value is -5.63. The van der Waals surface area contributed by atoms with Crippen LogP contribution < -0.4 is 26.6 Å². The summed E-state index contributed by atoms with van der Waals surface area (Å²) in [5, 5.41) is 36.7. The maximum atomic E-state index is 14.1. The molecule has 7 N–H and O–H groups in total. The summed E-state index contributed by atoms with van der Waals surface area (Å²) in [6, 6.07) is 4.10. The van der Waals surface area contributed by atoms with Gasteiger partial charge in [0.25, 0.3) is 0 Å². The average molecular weight is 1360 g/mol. The monoisotopic (exact) mass is 1360 g/mol. The largest absolute Gasteiger partial charge is 0.462 e. The first kappa shape index (κ1) is 88.4. The molecule has 0 unspecified atom stereocenters. The number of ether oxygens (including phenoxy) is 4. The molecule has 0 fully saturated rings. The van der Waals surface area contributed by atoms with E-state index in [2.05, 4.69) is 40.4 Å². The van der Waals surface area contributed by atoms with Gasteiger partial charge in [-0.2, -0.15) is 0 Å². The second-order valence-electron chi connectivity index (χ2n) is 28.1. The summed E-state index contributed by atoms with van der Waals surface area (Å²) in [5.74, 6) is -5.84. The Morgan fingerprint density at radius 1 is 0.396 bits per heavy atom. The van der Waals surface area contributed by atoms with E-state index in [0.717, 1.165) is 50.5 Å². The number of hydrogen-bond acceptors (Lipinski definition) is 15. The fourth-order valence-electron chi connectivity index (χ4n) is 11.5. The van der Waals surface area contributed by atoms with Crippen molar-refractivity contribution in [3.05, 3.63) is 35.9 Å². The summed E-state index contributed by atoms with van der Waals surface area (Å²) in [5.41, 5.74) is 0.817. The van der Waals surface area contributed by atoms with Crippen molar-refractivity contribution in [2.45, 2.75) is 355 Å². The van der Waals surface area contributed by atoms with E-state index in [9.17, 15) is 53.4 Å². The molecule has 0 saturated heterocycles. The van der Waals surface area contributed by atoms with E-state index in [0.29, 0.717) is 19.3 Å². The number of rotatable bonds is 60. The van der Waals surface area contributed by atoms with Crippen LogP contribution in [0, 0.1) is 17.8 Å². The Morgan fingerprint density at radius 3 is 1.24 bits per heavy atom. The zero-order valence-corrected chi connectivity index (χ0v) is 61.2. The fourth-order valence-corrected chi connectivity index (χ4v) is 11.5. The average Bonchev–Trinajstić information content (AvgIpc) is 1.37. The van der Waals surface area contributed by atoms with Gasteiger partial charge in [0.1, 0.15) is 31.3 Å². The molecule has 0 spiro atoms. The van der Waals surface area contributed by atoms with E-state index in [1.807, 2.05) is 78.8 Å². The molecule has 20 heteroatoms. The number of hydrogen-bond donors (Lipinski definition) is 7. The first-order valence-corrected chi connectivity index (χ1v) is 37.5. The first-order chi connectivity index (χ1) is 46.0. The minimum atomic E-state index is -1.49. The molecular weight excluding hydrogens is 1220 g/mol. The predicted molar refractivity (Wildman–Crippen MR) is 378 cm³/mol. The van der Waals surface area contributed by atoms with Gasteiger partial charge < -0.3 is 55.7 Å². The van der Waals surface area contributed by atoms with Gasteiger partial charge in [-0.1, -0.05) is 260 Å². The van der Waals surface area contributed by atoms with Crippen LogP contribution in [0.15, 0.2) is 30.3 Å². The summed E-state index contributed by atoms with van der Waals surface area (Å²) >= 11 is 0. The van der Waals surface area contributed by atoms with Crippen LogP contribution in [0.5, 0.6) is 0 Å². The molecule has 1 aromatic carbocycles. The normalized spacial score (nSPS) is 13.7. The number of carbonyl (C=O) groups is 9. The van der Waals surface area contributed by atoms with E-state index in [1.165, 1.54) is 122 Å². The van der Waals surface area contributed by atoms with Gasteiger partial charge in [0, 0.05) is 25.7 Å². The molecule has 0 aromatic heterocycles. The van der Waals surface area contributed by atoms with Gasteiger partial charge in [-0.3, -0.25) is 38.4 Å². The number of esters is 4. The lowest BCUT2D eigenvalue weighted by Gasteiger charge is -2.29. The van der Waals surface area contributed by atoms with Gasteiger partial charge in [0.2, 0.25) is 29.5 Å². The quantitative estimate of drug-likeness (QED) is 0.0181. The molecule has 0 aliphatic rings. The van der Waals surface area contributed by atoms with Crippen LogP contribution in [0.4, 0.5) is 0 Å². The summed E-state index contributed by atoms with van der Waals surface area (Å²) in [6.45, 7) is 17.5. The van der Waals surface area contributed by atoms with E-state index in [1.54, 1.807) is 0 Å². The molecule has 0 saturated carbocycles. The number of benzene rings is 1. The number of nitrogens with one attached hydrogen (secondary N) is 5. The molecule has 20 nitrogen and oxygen atoms in total. The Balaban J connectivity index is 2.92. The lowest BCUT2D eigenvalue weighted by Crippen LogP contribution is -2.57. The maximum absolute atomic E-state index is 14.1. The molecule has 5 amide bonds. The smallest absolute Gasteiger partial charge is 0.344 e. The lowest BCUT2D eigenvalue weighted by atomic mass is 9.96. The van der Waals surface area contributed by atoms with Crippen molar-refractivity contribution in [3.63, 3.8) is 0 Å². The lowest BCUT2D eigenvalue weighted by molar-refractivity contribution is -0.172. The fraction of sp³-hybridized carbons (Fsp3) is 0.803. The third-order valence-corrected chi connectivity index (χ3v) is 17.1. The number of unbranched alkanes of at least 4 members (excludes halogenated alkanes) is 25. The second kappa shape index (κ2) is 56.3. The van der Waals surface area contributed by atoms with Crippen LogP contribution >= 0.6 is 0 Å². The van der Waals surface area contributed by atoms with Crippen molar-refractivity contribution in [1.82, 2.24) is 26.6 Å². The zero-order chi connectivity index (χ0) is 71.3. The standard InChI is InChI=1S/C76H133N5O15/c1-11-14-17-19-21-23-25-27-29-31-33-35-40-45-70(86)93-53-61(54-94-71(87)46-41-36-34-32-30-28-26-24-22-20-18-15-12-2)96-73(89)55-95-72(88)52-67(83)64(48-57(6)7)80-74(90)59(10)77-69(85)51-66(82)63(47-56(4)5)81-75(91)62(44-16-13-3)79-76(92)65(78-68(84)49-58(8)9)50-60-42-38-37-39-43-60/h37-39,42-43,56-59,61-67,82-83H,11-36,40-41,44-55H2,1-10H3,(H,77,85)(H,78,84)(H,79,92)(H,80,90)(H,81,91)/t59-,62-,63+,64+,65-,66+,67+/m0/s1. The highest BCUT2D eigenvalue weighted by Gasteiger charge is 2.33. The van der Waals surface area contributed by atoms with Crippen molar-refractivity contribution in [2.24, 2.45) is 17.8 Å². The molecule has 0 aliphatic carbocycles. The Morgan fingerprint density at radius 2 is 0.802 bits per heavy atom. The second-order valence-corrected chi connectivity index (χ2v) is 28.1. The third kappa shape index (κ3) is 47.3. The molecule has 0 bridgehead atoms. The number of carbonyl (C=O) groups excluding carboxylic acids is 9. The minimum absolute atomic E-state index is 0.0476. The zero-order valence-electron chi connectivity index (χ0n) is 61.2. The molecule has 0 radical (unpaired) electrons. The molecule has 0 aliphatic heterocycles. The number of aliphatic hydroxyl groups excluding tert-OH is 2. The highest BCUT2D eigenvalue weighted by Crippen LogP contribution is 2.19. The molecular formula is C76H133N5O15. The topological polar surface area (TPSA) is 291 Å². The van der Waals surface area contributed by atoms with E-state index in [-0.39, 0.29) is 81.8 Å². The van der Waals surface area contributed by atoms with Crippen LogP contribution in [0.2, 0.25) is 0 Å². The summed E-state index contributed by atoms with van der Waals surface area (Å²) in [7, 11) is 0. The van der Waals surface area contributed by atoms with Gasteiger partial charge in [0.15, 0.2) is 12.7 Å². The molecule has 552 valence electrons. The van der Waals surface area contributed by atoms with Gasteiger partial charge in [-0.05, 0) is 62.3 Å². The van der Waals surface area contributed by atoms with Crippen molar-refractivity contribution in [3.8, 4) is 0 Å². The van der Waals surface area contributed by atoms with E-state index < -0.39 is 115 Å². The Bertz CT molecular complexity index is 2220. The van der Waals surface area contributed by atoms with Gasteiger partial charge >= 0.3 is 23.9 Å². The SMILES string of the molecule is CCCCCCCCCCCCCCCC(=O)OCC(COC(=O)CCCCCCCCCCCCCCC)OC(=O)COC(=O)C[C@@H](O)[C@@H](CC(C)C)NC(=O)[C@H](C)NC(=O)C[C@@H](O)[C@@H](CC(C)C)NC(=O)[C@H](CCCC)NC(=O)[C@H](Cc1ccccc1)NC(=O)CC(C)C. The van der Waals surface area contributed by atoms with Gasteiger partial charge in [0.05, 0.1) is 37.1 Å². The third-order valence-electron chi connectivity index (χ3n) is 17.1. The molecule has 96 heavy (non-hydrogen) atoms. The molecule has 0 heterocycles. The first-order valence-electron chi connectivity index (χ1n) is 37.5. The van der Waals surface area contributed by atoms with Gasteiger partial charge in [-0.25, -0.2) is 4.79 Å². The molecule has 1 rings (SSSR count). The maximum Gasteiger partial charge on any atom is 0.344 e. The highest BCUT2D eigenvalue weighted by molar-refractivity contribution is 5.92. The summed E-state index contributed by atoms with van der Waals surface area (Å²) < 4.78 is 21.7.